The minimum atomic E-state index is -1.57. The summed E-state index contributed by atoms with van der Waals surface area (Å²) >= 11 is 0. The van der Waals surface area contributed by atoms with Gasteiger partial charge in [0, 0.05) is 43.7 Å². The van der Waals surface area contributed by atoms with E-state index in [2.05, 4.69) is 24.6 Å². The van der Waals surface area contributed by atoms with Gasteiger partial charge in [-0.3, -0.25) is 10.2 Å². The third-order valence-electron chi connectivity index (χ3n) is 11.8. The Morgan fingerprint density at radius 2 is 1.69 bits per heavy atom. The second-order valence-corrected chi connectivity index (χ2v) is 17.3. The zero-order chi connectivity index (χ0) is 47.0. The second-order valence-electron chi connectivity index (χ2n) is 17.3. The molecule has 5 rings (SSSR count). The molecule has 1 saturated carbocycles. The fraction of sp³-hybridized carbons (Fsp3) is 0.571. The number of methoxy groups -OCH3 is 2. The molecule has 1 aliphatic heterocycles. The lowest BCUT2D eigenvalue weighted by Crippen LogP contribution is -2.70. The van der Waals surface area contributed by atoms with Crippen LogP contribution >= 0.6 is 0 Å². The molecule has 0 bridgehead atoms. The Kier molecular flexibility index (Phi) is 19.1. The zero-order valence-electron chi connectivity index (χ0n) is 38.6. The first kappa shape index (κ1) is 50.9. The Morgan fingerprint density at radius 3 is 2.37 bits per heavy atom. The maximum atomic E-state index is 14.4. The van der Waals surface area contributed by atoms with Crippen molar-refractivity contribution in [3.05, 3.63) is 78.9 Å². The van der Waals surface area contributed by atoms with Crippen molar-refractivity contribution in [2.45, 2.75) is 95.5 Å². The van der Waals surface area contributed by atoms with Crippen LogP contribution in [0.1, 0.15) is 83.6 Å². The van der Waals surface area contributed by atoms with Crippen molar-refractivity contribution in [3.8, 4) is 23.0 Å². The molecule has 2 aliphatic carbocycles. The zero-order valence-corrected chi connectivity index (χ0v) is 38.6. The van der Waals surface area contributed by atoms with Crippen molar-refractivity contribution in [1.29, 1.82) is 0 Å². The number of benzene rings is 2. The van der Waals surface area contributed by atoms with Gasteiger partial charge in [0.15, 0.2) is 0 Å². The molecular weight excluding hydrogens is 839 g/mol. The monoisotopic (exact) mass is 907 g/mol. The number of amides is 2. The number of allylic oxidation sites excluding steroid dienone is 1. The Hall–Kier alpha value is -5.13. The maximum absolute atomic E-state index is 14.4. The number of fused-ring (bicyclic) bond motifs is 2. The van der Waals surface area contributed by atoms with E-state index in [9.17, 15) is 24.9 Å². The first-order valence-corrected chi connectivity index (χ1v) is 22.6. The molecule has 4 N–H and O–H groups in total. The summed E-state index contributed by atoms with van der Waals surface area (Å²) in [4.78, 5) is 35.8. The predicted molar refractivity (Wildman–Crippen MR) is 246 cm³/mol. The highest BCUT2D eigenvalue weighted by Gasteiger charge is 2.65. The molecule has 1 heterocycles. The lowest BCUT2D eigenvalue weighted by molar-refractivity contribution is -0.256. The summed E-state index contributed by atoms with van der Waals surface area (Å²) in [7, 11) is 3.03. The van der Waals surface area contributed by atoms with E-state index in [1.807, 2.05) is 26.8 Å². The average molecular weight is 908 g/mol. The largest absolute Gasteiger partial charge is 0.497 e. The molecule has 16 nitrogen and oxygen atoms in total. The molecule has 2 amide bonds. The van der Waals surface area contributed by atoms with E-state index >= 15 is 0 Å². The number of aliphatic hydroxyl groups is 3. The number of nitrogens with zero attached hydrogens (tertiary/aromatic N) is 2. The van der Waals surface area contributed by atoms with Gasteiger partial charge < -0.3 is 53.3 Å². The van der Waals surface area contributed by atoms with Crippen molar-refractivity contribution in [2.24, 2.45) is 22.9 Å². The number of ether oxygens (including phenoxy) is 7. The normalized spacial score (nSPS) is 22.6. The highest BCUT2D eigenvalue weighted by molar-refractivity contribution is 6.03. The van der Waals surface area contributed by atoms with Crippen LogP contribution in [-0.2, 0) is 19.0 Å². The molecular formula is C49H69N3O13. The number of aliphatic hydroxyl groups excluding tert-OH is 3. The topological polar surface area (TPSA) is 196 Å². The van der Waals surface area contributed by atoms with E-state index < -0.39 is 35.5 Å². The van der Waals surface area contributed by atoms with Crippen LogP contribution in [0.3, 0.4) is 0 Å². The molecule has 0 radical (unpaired) electrons. The van der Waals surface area contributed by atoms with E-state index in [1.165, 1.54) is 14.2 Å². The minimum Gasteiger partial charge on any atom is -0.497 e. The number of carbonyl (C=O) groups is 2. The quantitative estimate of drug-likeness (QED) is 0.0429. The fourth-order valence-corrected chi connectivity index (χ4v) is 9.06. The lowest BCUT2D eigenvalue weighted by atomic mass is 9.55. The molecule has 6 atom stereocenters. The number of hydrogen-bond acceptors (Lipinski definition) is 14. The van der Waals surface area contributed by atoms with Crippen molar-refractivity contribution in [3.63, 3.8) is 0 Å². The standard InChI is InChI=1S/C49H69N3O13/c1-8-10-26-61-47(57)52(21-27-60-28-24-55)43-32-40(51-65-48(3,4)5)37-29-33(15-11-13-22-53)36(16-12-14-23-54)44-38-30-35(18-20-41(38)64-49(43,45(37)44)62-25-9-2)63-46(56)50-39-19-17-34(58-6)31-42(39)59-7/h8-9,17-20,29-31,33,36,43-45,53-55H,1-2,10-16,21-28,32H2,3-7H3,(H,50,56). The highest BCUT2D eigenvalue weighted by atomic mass is 16.7. The molecule has 3 aliphatic rings. The summed E-state index contributed by atoms with van der Waals surface area (Å²) in [6.45, 7) is 13.7. The summed E-state index contributed by atoms with van der Waals surface area (Å²) in [6.07, 6.45) is 8.87. The Morgan fingerprint density at radius 1 is 0.938 bits per heavy atom. The third-order valence-corrected chi connectivity index (χ3v) is 11.8. The Balaban J connectivity index is 1.74. The van der Waals surface area contributed by atoms with Crippen LogP contribution in [0.5, 0.6) is 23.0 Å². The van der Waals surface area contributed by atoms with Gasteiger partial charge in [0.25, 0.3) is 0 Å². The fourth-order valence-electron chi connectivity index (χ4n) is 9.06. The molecule has 1 fully saturated rings. The van der Waals surface area contributed by atoms with Crippen molar-refractivity contribution >= 4 is 23.6 Å². The van der Waals surface area contributed by atoms with Gasteiger partial charge in [0.1, 0.15) is 34.6 Å². The van der Waals surface area contributed by atoms with Crippen molar-refractivity contribution in [1.82, 2.24) is 4.90 Å². The number of hydrogen-bond donors (Lipinski definition) is 4. The minimum absolute atomic E-state index is 0.0273. The van der Waals surface area contributed by atoms with Gasteiger partial charge in [-0.15, -0.1) is 13.2 Å². The van der Waals surface area contributed by atoms with Crippen LogP contribution in [0.2, 0.25) is 0 Å². The first-order valence-electron chi connectivity index (χ1n) is 22.6. The third kappa shape index (κ3) is 12.8. The van der Waals surface area contributed by atoms with E-state index in [4.69, 9.17) is 43.2 Å². The summed E-state index contributed by atoms with van der Waals surface area (Å²) in [6, 6.07) is 9.36. The average Bonchev–Trinajstić information content (AvgIpc) is 3.29. The smallest absolute Gasteiger partial charge is 0.417 e. The van der Waals surface area contributed by atoms with Gasteiger partial charge in [0.05, 0.1) is 64.6 Å². The van der Waals surface area contributed by atoms with Crippen LogP contribution in [0.25, 0.3) is 0 Å². The van der Waals surface area contributed by atoms with Gasteiger partial charge in [-0.2, -0.15) is 0 Å². The molecule has 2 aromatic carbocycles. The van der Waals surface area contributed by atoms with Crippen molar-refractivity contribution < 1.29 is 62.9 Å². The number of carbonyl (C=O) groups excluding carboxylic acids is 2. The summed E-state index contributed by atoms with van der Waals surface area (Å²) < 4.78 is 42.6. The summed E-state index contributed by atoms with van der Waals surface area (Å²) in [5.74, 6) is -1.03. The van der Waals surface area contributed by atoms with Crippen LogP contribution in [-0.4, -0.2) is 123 Å². The molecule has 6 unspecified atom stereocenters. The van der Waals surface area contributed by atoms with E-state index in [-0.39, 0.29) is 82.7 Å². The maximum Gasteiger partial charge on any atom is 0.417 e. The lowest BCUT2D eigenvalue weighted by Gasteiger charge is -2.59. The van der Waals surface area contributed by atoms with Crippen LogP contribution < -0.4 is 24.3 Å². The van der Waals surface area contributed by atoms with Crippen molar-refractivity contribution in [2.75, 3.05) is 72.3 Å². The molecule has 2 aromatic rings. The van der Waals surface area contributed by atoms with Gasteiger partial charge in [0.2, 0.25) is 5.79 Å². The van der Waals surface area contributed by atoms with Crippen LogP contribution in [0.15, 0.2) is 78.5 Å². The highest BCUT2D eigenvalue weighted by Crippen LogP contribution is 2.62. The van der Waals surface area contributed by atoms with E-state index in [0.29, 0.717) is 60.8 Å². The van der Waals surface area contributed by atoms with Gasteiger partial charge in [-0.1, -0.05) is 36.2 Å². The van der Waals surface area contributed by atoms with Crippen LogP contribution in [0, 0.1) is 17.8 Å². The molecule has 16 heteroatoms. The molecule has 358 valence electrons. The molecule has 0 aromatic heterocycles. The summed E-state index contributed by atoms with van der Waals surface area (Å²) in [5, 5.41) is 37.1. The number of nitrogens with one attached hydrogen (secondary N) is 1. The SMILES string of the molecule is C=CCCOC(=O)N(CCOCCO)C1CC(=NOC(C)(C)C)C2=CC(CCCCO)C(CCCCO)C3c4cc(OC(=O)Nc5ccc(OC)cc5OC)ccc4OC1(OCC=C)C23. The number of rotatable bonds is 25. The van der Waals surface area contributed by atoms with Gasteiger partial charge in [-0.25, -0.2) is 9.59 Å². The first-order chi connectivity index (χ1) is 31.4. The number of oxime groups is 1. The van der Waals surface area contributed by atoms with Gasteiger partial charge in [-0.05, 0) is 101 Å². The number of unbranched alkanes of at least 4 members (excludes halogenated alkanes) is 2. The molecule has 0 spiro atoms. The Bertz CT molecular complexity index is 1960. The van der Waals surface area contributed by atoms with Gasteiger partial charge >= 0.3 is 12.2 Å². The van der Waals surface area contributed by atoms with E-state index in [0.717, 1.165) is 24.0 Å². The van der Waals surface area contributed by atoms with Crippen LogP contribution in [0.4, 0.5) is 15.3 Å². The molecule has 65 heavy (non-hydrogen) atoms. The second kappa shape index (κ2) is 24.4. The summed E-state index contributed by atoms with van der Waals surface area (Å²) in [5.41, 5.74) is 1.91. The molecule has 0 saturated heterocycles. The number of anilines is 1. The predicted octanol–water partition coefficient (Wildman–Crippen LogP) is 7.77. The Labute approximate surface area is 383 Å². The van der Waals surface area contributed by atoms with E-state index in [1.54, 1.807) is 47.4 Å².